The number of carbonyl (C=O) groups is 1. The van der Waals surface area contributed by atoms with Gasteiger partial charge in [-0.25, -0.2) is 4.79 Å². The Balaban J connectivity index is 3.94. The normalized spacial score (nSPS) is 10.9. The summed E-state index contributed by atoms with van der Waals surface area (Å²) in [6.07, 6.45) is 1.10. The van der Waals surface area contributed by atoms with Crippen LogP contribution in [0.2, 0.25) is 0 Å². The number of hydrogen-bond acceptors (Lipinski definition) is 4. The Bertz CT molecular complexity index is 154. The smallest absolute Gasteiger partial charge is 0.375 e. The molecule has 64 valence electrons. The van der Waals surface area contributed by atoms with E-state index in [0.29, 0.717) is 13.2 Å². The molecule has 0 radical (unpaired) electrons. The molecule has 0 atom stereocenters. The molecule has 0 saturated carbocycles. The zero-order chi connectivity index (χ0) is 8.69. The van der Waals surface area contributed by atoms with Gasteiger partial charge in [0.15, 0.2) is 0 Å². The first-order valence-electron chi connectivity index (χ1n) is 3.48. The molecular weight excluding hydrogens is 146 g/mol. The zero-order valence-corrected chi connectivity index (χ0v) is 6.79. The van der Waals surface area contributed by atoms with Gasteiger partial charge in [0.1, 0.15) is 0 Å². The lowest BCUT2D eigenvalue weighted by Gasteiger charge is -2.05. The summed E-state index contributed by atoms with van der Waals surface area (Å²) in [5.41, 5.74) is 5.10. The molecule has 4 heteroatoms. The molecule has 0 saturated heterocycles. The van der Waals surface area contributed by atoms with Crippen LogP contribution in [-0.2, 0) is 14.3 Å². The highest BCUT2D eigenvalue weighted by atomic mass is 16.6. The Morgan fingerprint density at radius 2 is 1.91 bits per heavy atom. The van der Waals surface area contributed by atoms with Gasteiger partial charge >= 0.3 is 5.97 Å². The van der Waals surface area contributed by atoms with E-state index in [1.165, 1.54) is 0 Å². The van der Waals surface area contributed by atoms with Crippen molar-refractivity contribution in [2.75, 3.05) is 13.2 Å². The van der Waals surface area contributed by atoms with Gasteiger partial charge in [0.25, 0.3) is 0 Å². The van der Waals surface area contributed by atoms with E-state index in [1.807, 2.05) is 0 Å². The molecule has 0 heterocycles. The molecule has 0 unspecified atom stereocenters. The van der Waals surface area contributed by atoms with E-state index in [1.54, 1.807) is 13.8 Å². The van der Waals surface area contributed by atoms with Gasteiger partial charge in [-0.2, -0.15) is 0 Å². The third-order valence-corrected chi connectivity index (χ3v) is 0.928. The minimum Gasteiger partial charge on any atom is -0.486 e. The molecule has 0 spiro atoms. The number of ether oxygens (including phenoxy) is 2. The maximum atomic E-state index is 10.9. The van der Waals surface area contributed by atoms with Gasteiger partial charge in [0.05, 0.1) is 13.2 Å². The molecule has 0 amide bonds. The molecule has 0 aliphatic rings. The predicted octanol–water partition coefficient (Wildman–Crippen LogP) is 0.386. The van der Waals surface area contributed by atoms with E-state index in [-0.39, 0.29) is 5.76 Å². The number of hydrogen-bond donors (Lipinski definition) is 1. The van der Waals surface area contributed by atoms with Crippen LogP contribution in [0.25, 0.3) is 0 Å². The molecule has 0 aliphatic heterocycles. The number of esters is 1. The fourth-order valence-corrected chi connectivity index (χ4v) is 0.533. The van der Waals surface area contributed by atoms with Crippen molar-refractivity contribution in [3.05, 3.63) is 12.0 Å². The van der Waals surface area contributed by atoms with Crippen LogP contribution >= 0.6 is 0 Å². The Labute approximate surface area is 66.0 Å². The lowest BCUT2D eigenvalue weighted by molar-refractivity contribution is -0.142. The van der Waals surface area contributed by atoms with E-state index in [2.05, 4.69) is 4.74 Å². The molecular formula is C7H13NO3. The first-order chi connectivity index (χ1) is 5.26. The van der Waals surface area contributed by atoms with Crippen molar-refractivity contribution in [2.24, 2.45) is 5.73 Å². The summed E-state index contributed by atoms with van der Waals surface area (Å²) in [6.45, 7) is 4.21. The fraction of sp³-hybridized carbons (Fsp3) is 0.571. The van der Waals surface area contributed by atoms with Crippen molar-refractivity contribution in [1.82, 2.24) is 0 Å². The van der Waals surface area contributed by atoms with Gasteiger partial charge < -0.3 is 15.2 Å². The fourth-order valence-electron chi connectivity index (χ4n) is 0.533. The summed E-state index contributed by atoms with van der Waals surface area (Å²) in [4.78, 5) is 10.9. The second-order valence-electron chi connectivity index (χ2n) is 1.68. The van der Waals surface area contributed by atoms with Crippen molar-refractivity contribution in [3.8, 4) is 0 Å². The molecule has 0 aromatic heterocycles. The SMILES string of the molecule is CCOC(=O)C(=CN)OCC. The third-order valence-electron chi connectivity index (χ3n) is 0.928. The standard InChI is InChI=1S/C7H13NO3/c1-3-10-6(5-8)7(9)11-4-2/h5H,3-4,8H2,1-2H3. The van der Waals surface area contributed by atoms with Crippen LogP contribution in [0.1, 0.15) is 13.8 Å². The van der Waals surface area contributed by atoms with Gasteiger partial charge in [-0.3, -0.25) is 0 Å². The zero-order valence-electron chi connectivity index (χ0n) is 6.79. The first kappa shape index (κ1) is 9.81. The van der Waals surface area contributed by atoms with Gasteiger partial charge in [0.2, 0.25) is 5.76 Å². The quantitative estimate of drug-likeness (QED) is 0.366. The lowest BCUT2D eigenvalue weighted by atomic mass is 10.5. The lowest BCUT2D eigenvalue weighted by Crippen LogP contribution is -2.12. The summed E-state index contributed by atoms with van der Waals surface area (Å²) in [7, 11) is 0. The molecule has 0 aromatic carbocycles. The Morgan fingerprint density at radius 3 is 2.27 bits per heavy atom. The van der Waals surface area contributed by atoms with E-state index in [4.69, 9.17) is 10.5 Å². The average molecular weight is 159 g/mol. The molecule has 0 rings (SSSR count). The summed E-state index contributed by atoms with van der Waals surface area (Å²) in [5, 5.41) is 0. The van der Waals surface area contributed by atoms with Crippen LogP contribution in [0.4, 0.5) is 0 Å². The topological polar surface area (TPSA) is 61.5 Å². The van der Waals surface area contributed by atoms with Gasteiger partial charge in [-0.05, 0) is 13.8 Å². The maximum absolute atomic E-state index is 10.9. The van der Waals surface area contributed by atoms with E-state index in [9.17, 15) is 4.79 Å². The highest BCUT2D eigenvalue weighted by Gasteiger charge is 2.09. The van der Waals surface area contributed by atoms with Crippen molar-refractivity contribution in [3.63, 3.8) is 0 Å². The predicted molar refractivity (Wildman–Crippen MR) is 40.5 cm³/mol. The Hall–Kier alpha value is -1.19. The number of carbonyl (C=O) groups excluding carboxylic acids is 1. The summed E-state index contributed by atoms with van der Waals surface area (Å²) >= 11 is 0. The Morgan fingerprint density at radius 1 is 1.36 bits per heavy atom. The minimum absolute atomic E-state index is 0.0642. The van der Waals surface area contributed by atoms with Crippen molar-refractivity contribution in [2.45, 2.75) is 13.8 Å². The van der Waals surface area contributed by atoms with Crippen LogP contribution < -0.4 is 5.73 Å². The number of nitrogens with two attached hydrogens (primary N) is 1. The van der Waals surface area contributed by atoms with Crippen molar-refractivity contribution < 1.29 is 14.3 Å². The molecule has 0 fully saturated rings. The minimum atomic E-state index is -0.517. The third kappa shape index (κ3) is 3.50. The van der Waals surface area contributed by atoms with Crippen molar-refractivity contribution >= 4 is 5.97 Å². The second-order valence-corrected chi connectivity index (χ2v) is 1.68. The van der Waals surface area contributed by atoms with Crippen LogP contribution in [0, 0.1) is 0 Å². The highest BCUT2D eigenvalue weighted by molar-refractivity contribution is 5.86. The van der Waals surface area contributed by atoms with Gasteiger partial charge in [-0.15, -0.1) is 0 Å². The molecule has 11 heavy (non-hydrogen) atoms. The largest absolute Gasteiger partial charge is 0.486 e. The van der Waals surface area contributed by atoms with E-state index < -0.39 is 5.97 Å². The summed E-state index contributed by atoms with van der Waals surface area (Å²) in [5.74, 6) is -0.453. The highest BCUT2D eigenvalue weighted by Crippen LogP contribution is 1.97. The van der Waals surface area contributed by atoms with Gasteiger partial charge in [0, 0.05) is 6.20 Å². The van der Waals surface area contributed by atoms with Crippen LogP contribution in [0.15, 0.2) is 12.0 Å². The molecule has 0 bridgehead atoms. The molecule has 0 aromatic rings. The van der Waals surface area contributed by atoms with Crippen molar-refractivity contribution in [1.29, 1.82) is 0 Å². The molecule has 4 nitrogen and oxygen atoms in total. The van der Waals surface area contributed by atoms with Crippen LogP contribution in [0.5, 0.6) is 0 Å². The maximum Gasteiger partial charge on any atom is 0.375 e. The summed E-state index contributed by atoms with van der Waals surface area (Å²) in [6, 6.07) is 0. The number of rotatable bonds is 4. The van der Waals surface area contributed by atoms with E-state index in [0.717, 1.165) is 6.20 Å². The average Bonchev–Trinajstić information content (AvgIpc) is 2.00. The summed E-state index contributed by atoms with van der Waals surface area (Å²) < 4.78 is 9.50. The van der Waals surface area contributed by atoms with Gasteiger partial charge in [-0.1, -0.05) is 0 Å². The molecule has 0 aliphatic carbocycles. The van der Waals surface area contributed by atoms with Crippen LogP contribution in [-0.4, -0.2) is 19.2 Å². The molecule has 2 N–H and O–H groups in total. The monoisotopic (exact) mass is 159 g/mol. The van der Waals surface area contributed by atoms with Crippen LogP contribution in [0.3, 0.4) is 0 Å². The Kier molecular flexibility index (Phi) is 4.98. The van der Waals surface area contributed by atoms with E-state index >= 15 is 0 Å². The first-order valence-corrected chi connectivity index (χ1v) is 3.48. The second kappa shape index (κ2) is 5.58.